The summed E-state index contributed by atoms with van der Waals surface area (Å²) in [6.07, 6.45) is 3.80. The lowest BCUT2D eigenvalue weighted by atomic mass is 10.1. The fourth-order valence-corrected chi connectivity index (χ4v) is 1.79. The molecule has 0 aromatic carbocycles. The Morgan fingerprint density at radius 2 is 2.29 bits per heavy atom. The van der Waals surface area contributed by atoms with E-state index in [4.69, 9.17) is 9.47 Å². The van der Waals surface area contributed by atoms with Crippen LogP contribution in [0.15, 0.2) is 18.3 Å². The van der Waals surface area contributed by atoms with Crippen molar-refractivity contribution in [2.45, 2.75) is 25.8 Å². The lowest BCUT2D eigenvalue weighted by molar-refractivity contribution is 0.141. The van der Waals surface area contributed by atoms with Gasteiger partial charge in [0, 0.05) is 19.4 Å². The molecular weight excluding hydrogens is 216 g/mol. The number of hydrogen-bond donors (Lipinski definition) is 1. The largest absolute Gasteiger partial charge is 0.495 e. The topological polar surface area (TPSA) is 43.4 Å². The first kappa shape index (κ1) is 13.9. The SMILES string of the molecule is CCOCCCC(NC)c1ncccc1OC. The van der Waals surface area contributed by atoms with Crippen LogP contribution in [0.2, 0.25) is 0 Å². The van der Waals surface area contributed by atoms with E-state index in [0.717, 1.165) is 37.5 Å². The quantitative estimate of drug-likeness (QED) is 0.705. The van der Waals surface area contributed by atoms with Gasteiger partial charge in [0.1, 0.15) is 5.75 Å². The zero-order valence-electron chi connectivity index (χ0n) is 10.9. The second kappa shape index (κ2) is 8.03. The van der Waals surface area contributed by atoms with Gasteiger partial charge >= 0.3 is 0 Å². The molecule has 1 aromatic heterocycles. The number of nitrogens with zero attached hydrogens (tertiary/aromatic N) is 1. The maximum absolute atomic E-state index is 5.34. The molecule has 0 saturated carbocycles. The normalized spacial score (nSPS) is 12.4. The average molecular weight is 238 g/mol. The van der Waals surface area contributed by atoms with Crippen molar-refractivity contribution in [2.24, 2.45) is 0 Å². The fraction of sp³-hybridized carbons (Fsp3) is 0.615. The first-order chi connectivity index (χ1) is 8.33. The Balaban J connectivity index is 2.59. The Morgan fingerprint density at radius 1 is 1.47 bits per heavy atom. The average Bonchev–Trinajstić information content (AvgIpc) is 2.39. The highest BCUT2D eigenvalue weighted by Crippen LogP contribution is 2.25. The van der Waals surface area contributed by atoms with E-state index in [1.807, 2.05) is 26.1 Å². The van der Waals surface area contributed by atoms with E-state index in [-0.39, 0.29) is 6.04 Å². The fourth-order valence-electron chi connectivity index (χ4n) is 1.79. The highest BCUT2D eigenvalue weighted by molar-refractivity contribution is 5.29. The number of methoxy groups -OCH3 is 1. The van der Waals surface area contributed by atoms with Crippen LogP contribution in [-0.4, -0.2) is 32.4 Å². The smallest absolute Gasteiger partial charge is 0.141 e. The third kappa shape index (κ3) is 4.32. The van der Waals surface area contributed by atoms with Crippen LogP contribution in [0.25, 0.3) is 0 Å². The van der Waals surface area contributed by atoms with E-state index in [2.05, 4.69) is 10.3 Å². The van der Waals surface area contributed by atoms with E-state index in [9.17, 15) is 0 Å². The maximum Gasteiger partial charge on any atom is 0.141 e. The van der Waals surface area contributed by atoms with Gasteiger partial charge in [-0.15, -0.1) is 0 Å². The van der Waals surface area contributed by atoms with Crippen LogP contribution in [0.1, 0.15) is 31.5 Å². The Morgan fingerprint density at radius 3 is 2.94 bits per heavy atom. The summed E-state index contributed by atoms with van der Waals surface area (Å²) in [5, 5.41) is 3.27. The number of pyridine rings is 1. The van der Waals surface area contributed by atoms with Crippen molar-refractivity contribution < 1.29 is 9.47 Å². The van der Waals surface area contributed by atoms with E-state index in [1.54, 1.807) is 13.3 Å². The van der Waals surface area contributed by atoms with Gasteiger partial charge < -0.3 is 14.8 Å². The van der Waals surface area contributed by atoms with Gasteiger partial charge in [0.2, 0.25) is 0 Å². The zero-order valence-corrected chi connectivity index (χ0v) is 10.9. The summed E-state index contributed by atoms with van der Waals surface area (Å²) in [6.45, 7) is 3.58. The molecule has 0 radical (unpaired) electrons. The predicted octanol–water partition coefficient (Wildman–Crippen LogP) is 2.17. The summed E-state index contributed by atoms with van der Waals surface area (Å²) in [6, 6.07) is 4.04. The Hall–Kier alpha value is -1.13. The van der Waals surface area contributed by atoms with Crippen molar-refractivity contribution in [3.8, 4) is 5.75 Å². The third-order valence-corrected chi connectivity index (χ3v) is 2.68. The standard InChI is InChI=1S/C13H22N2O2/c1-4-17-10-6-7-11(14-2)13-12(16-3)8-5-9-15-13/h5,8-9,11,14H,4,6-7,10H2,1-3H3. The summed E-state index contributed by atoms with van der Waals surface area (Å²) in [5.74, 6) is 0.836. The molecule has 0 aliphatic rings. The van der Waals surface area contributed by atoms with E-state index in [0.29, 0.717) is 0 Å². The first-order valence-corrected chi connectivity index (χ1v) is 6.07. The molecule has 0 bridgehead atoms. The zero-order chi connectivity index (χ0) is 12.5. The van der Waals surface area contributed by atoms with E-state index in [1.165, 1.54) is 0 Å². The van der Waals surface area contributed by atoms with Crippen LogP contribution in [0.4, 0.5) is 0 Å². The number of hydrogen-bond acceptors (Lipinski definition) is 4. The summed E-state index contributed by atoms with van der Waals surface area (Å²) in [5.41, 5.74) is 0.967. The van der Waals surface area contributed by atoms with Gasteiger partial charge in [-0.2, -0.15) is 0 Å². The number of ether oxygens (including phenoxy) is 2. The molecule has 0 spiro atoms. The Bertz CT molecular complexity index is 318. The highest BCUT2D eigenvalue weighted by atomic mass is 16.5. The monoisotopic (exact) mass is 238 g/mol. The van der Waals surface area contributed by atoms with E-state index < -0.39 is 0 Å². The van der Waals surface area contributed by atoms with Gasteiger partial charge in [-0.3, -0.25) is 4.98 Å². The molecule has 0 aliphatic carbocycles. The lowest BCUT2D eigenvalue weighted by Gasteiger charge is -2.17. The molecule has 96 valence electrons. The minimum absolute atomic E-state index is 0.214. The van der Waals surface area contributed by atoms with Crippen LogP contribution in [0, 0.1) is 0 Å². The summed E-state index contributed by atoms with van der Waals surface area (Å²) in [7, 11) is 3.62. The molecule has 1 atom stereocenters. The molecule has 1 N–H and O–H groups in total. The molecule has 1 aromatic rings. The van der Waals surface area contributed by atoms with Crippen LogP contribution < -0.4 is 10.1 Å². The van der Waals surface area contributed by atoms with Crippen LogP contribution in [-0.2, 0) is 4.74 Å². The Labute approximate surface area is 103 Å². The van der Waals surface area contributed by atoms with Crippen molar-refractivity contribution >= 4 is 0 Å². The molecule has 0 aliphatic heterocycles. The summed E-state index contributed by atoms with van der Waals surface area (Å²) >= 11 is 0. The van der Waals surface area contributed by atoms with Gasteiger partial charge in [0.05, 0.1) is 18.8 Å². The molecule has 4 nitrogen and oxygen atoms in total. The maximum atomic E-state index is 5.34. The second-order valence-corrected chi connectivity index (χ2v) is 3.77. The lowest BCUT2D eigenvalue weighted by Crippen LogP contribution is -2.19. The first-order valence-electron chi connectivity index (χ1n) is 6.07. The predicted molar refractivity (Wildman–Crippen MR) is 68.3 cm³/mol. The molecule has 0 fully saturated rings. The van der Waals surface area contributed by atoms with Gasteiger partial charge in [0.25, 0.3) is 0 Å². The molecular formula is C13H22N2O2. The van der Waals surface area contributed by atoms with Crippen molar-refractivity contribution in [1.29, 1.82) is 0 Å². The molecule has 1 rings (SSSR count). The summed E-state index contributed by atoms with van der Waals surface area (Å²) < 4.78 is 10.7. The number of rotatable bonds is 8. The number of nitrogens with one attached hydrogen (secondary N) is 1. The molecule has 1 heterocycles. The Kier molecular flexibility index (Phi) is 6.58. The minimum Gasteiger partial charge on any atom is -0.495 e. The van der Waals surface area contributed by atoms with Crippen molar-refractivity contribution in [3.63, 3.8) is 0 Å². The molecule has 0 saturated heterocycles. The minimum atomic E-state index is 0.214. The van der Waals surface area contributed by atoms with Crippen molar-refractivity contribution in [1.82, 2.24) is 10.3 Å². The molecule has 17 heavy (non-hydrogen) atoms. The van der Waals surface area contributed by atoms with Gasteiger partial charge in [-0.1, -0.05) is 0 Å². The van der Waals surface area contributed by atoms with Gasteiger partial charge in [-0.25, -0.2) is 0 Å². The molecule has 4 heteroatoms. The molecule has 0 amide bonds. The highest BCUT2D eigenvalue weighted by Gasteiger charge is 2.14. The van der Waals surface area contributed by atoms with Crippen molar-refractivity contribution in [3.05, 3.63) is 24.0 Å². The third-order valence-electron chi connectivity index (χ3n) is 2.68. The van der Waals surface area contributed by atoms with Crippen LogP contribution >= 0.6 is 0 Å². The van der Waals surface area contributed by atoms with Crippen LogP contribution in [0.3, 0.4) is 0 Å². The van der Waals surface area contributed by atoms with Gasteiger partial charge in [-0.05, 0) is 38.9 Å². The van der Waals surface area contributed by atoms with Crippen LogP contribution in [0.5, 0.6) is 5.75 Å². The summed E-state index contributed by atoms with van der Waals surface area (Å²) in [4.78, 5) is 4.39. The van der Waals surface area contributed by atoms with Crippen molar-refractivity contribution in [2.75, 3.05) is 27.4 Å². The second-order valence-electron chi connectivity index (χ2n) is 3.77. The molecule has 1 unspecified atom stereocenters. The van der Waals surface area contributed by atoms with E-state index >= 15 is 0 Å². The van der Waals surface area contributed by atoms with Gasteiger partial charge in [0.15, 0.2) is 0 Å². The number of aromatic nitrogens is 1.